The minimum Gasteiger partial charge on any atom is -0.496 e. The number of benzene rings is 1. The molecule has 3 aromatic rings. The Morgan fingerprint density at radius 3 is 2.63 bits per heavy atom. The molecular weight excluding hydrogens is 404 g/mol. The van der Waals surface area contributed by atoms with Crippen LogP contribution in [0.3, 0.4) is 0 Å². The van der Waals surface area contributed by atoms with Gasteiger partial charge in [0.25, 0.3) is 0 Å². The maximum absolute atomic E-state index is 13.0. The SMILES string of the molecule is COc1ccccc1-c1nn(C)cc1C(=O)OC1CCN(c2ccc(Cl)cn2)CC1. The quantitative estimate of drug-likeness (QED) is 0.575. The molecule has 1 aliphatic rings. The molecule has 1 aromatic carbocycles. The van der Waals surface area contributed by atoms with Crippen LogP contribution in [-0.2, 0) is 11.8 Å². The van der Waals surface area contributed by atoms with Crippen LogP contribution in [0.4, 0.5) is 5.82 Å². The Morgan fingerprint density at radius 1 is 1.17 bits per heavy atom. The molecule has 7 nitrogen and oxygen atoms in total. The molecule has 0 N–H and O–H groups in total. The first-order chi connectivity index (χ1) is 14.5. The summed E-state index contributed by atoms with van der Waals surface area (Å²) in [7, 11) is 3.39. The molecule has 2 aromatic heterocycles. The normalized spacial score (nSPS) is 14.6. The Balaban J connectivity index is 1.45. The second-order valence-electron chi connectivity index (χ2n) is 7.19. The molecule has 8 heteroatoms. The zero-order valence-electron chi connectivity index (χ0n) is 16.9. The van der Waals surface area contributed by atoms with Crippen molar-refractivity contribution < 1.29 is 14.3 Å². The molecule has 0 bridgehead atoms. The molecule has 1 fully saturated rings. The van der Waals surface area contributed by atoms with E-state index < -0.39 is 0 Å². The van der Waals surface area contributed by atoms with Gasteiger partial charge in [-0.15, -0.1) is 0 Å². The molecule has 0 unspecified atom stereocenters. The molecule has 1 saturated heterocycles. The van der Waals surface area contributed by atoms with E-state index in [-0.39, 0.29) is 12.1 Å². The first-order valence-electron chi connectivity index (χ1n) is 9.79. The molecule has 156 valence electrons. The minimum absolute atomic E-state index is 0.147. The van der Waals surface area contributed by atoms with E-state index in [1.54, 1.807) is 31.2 Å². The number of halogens is 1. The first-order valence-corrected chi connectivity index (χ1v) is 10.2. The van der Waals surface area contributed by atoms with E-state index >= 15 is 0 Å². The number of nitrogens with zero attached hydrogens (tertiary/aromatic N) is 4. The number of aromatic nitrogens is 3. The molecule has 0 radical (unpaired) electrons. The van der Waals surface area contributed by atoms with Crippen LogP contribution < -0.4 is 9.64 Å². The number of piperidine rings is 1. The Morgan fingerprint density at radius 2 is 1.93 bits per heavy atom. The monoisotopic (exact) mass is 426 g/mol. The highest BCUT2D eigenvalue weighted by atomic mass is 35.5. The molecule has 0 saturated carbocycles. The van der Waals surface area contributed by atoms with E-state index in [0.717, 1.165) is 37.3 Å². The third kappa shape index (κ3) is 4.26. The molecule has 1 aliphatic heterocycles. The number of ether oxygens (including phenoxy) is 2. The van der Waals surface area contributed by atoms with Crippen LogP contribution >= 0.6 is 11.6 Å². The summed E-state index contributed by atoms with van der Waals surface area (Å²) in [5.74, 6) is 1.18. The van der Waals surface area contributed by atoms with Crippen molar-refractivity contribution in [1.82, 2.24) is 14.8 Å². The summed E-state index contributed by atoms with van der Waals surface area (Å²) in [4.78, 5) is 19.5. The Kier molecular flexibility index (Phi) is 5.90. The minimum atomic E-state index is -0.368. The predicted molar refractivity (Wildman–Crippen MR) is 115 cm³/mol. The van der Waals surface area contributed by atoms with Crippen molar-refractivity contribution in [3.63, 3.8) is 0 Å². The molecular formula is C22H23ClN4O3. The van der Waals surface area contributed by atoms with Crippen LogP contribution in [0.2, 0.25) is 5.02 Å². The van der Waals surface area contributed by atoms with Crippen LogP contribution in [0.25, 0.3) is 11.3 Å². The van der Waals surface area contributed by atoms with Gasteiger partial charge in [0.15, 0.2) is 0 Å². The number of esters is 1. The lowest BCUT2D eigenvalue weighted by molar-refractivity contribution is 0.0245. The second-order valence-corrected chi connectivity index (χ2v) is 7.63. The number of pyridine rings is 1. The Hall–Kier alpha value is -3.06. The van der Waals surface area contributed by atoms with Crippen molar-refractivity contribution in [1.29, 1.82) is 0 Å². The van der Waals surface area contributed by atoms with Gasteiger partial charge in [-0.1, -0.05) is 23.7 Å². The molecule has 0 spiro atoms. The van der Waals surface area contributed by atoms with Gasteiger partial charge in [0.1, 0.15) is 28.9 Å². The number of hydrogen-bond acceptors (Lipinski definition) is 6. The second kappa shape index (κ2) is 8.75. The average Bonchev–Trinajstić information content (AvgIpc) is 3.16. The van der Waals surface area contributed by atoms with Crippen LogP contribution in [0.5, 0.6) is 5.75 Å². The molecule has 30 heavy (non-hydrogen) atoms. The van der Waals surface area contributed by atoms with Gasteiger partial charge in [-0.05, 0) is 24.3 Å². The van der Waals surface area contributed by atoms with E-state index in [2.05, 4.69) is 15.0 Å². The fraction of sp³-hybridized carbons (Fsp3) is 0.318. The standard InChI is InChI=1S/C22H23ClN4O3/c1-26-14-18(21(25-26)17-5-3-4-6-19(17)29-2)22(28)30-16-9-11-27(12-10-16)20-8-7-15(23)13-24-20/h3-8,13-14,16H,9-12H2,1-2H3. The largest absolute Gasteiger partial charge is 0.496 e. The van der Waals surface area contributed by atoms with Crippen molar-refractivity contribution in [3.8, 4) is 17.0 Å². The molecule has 0 amide bonds. The van der Waals surface area contributed by atoms with Gasteiger partial charge in [0, 0.05) is 50.9 Å². The maximum Gasteiger partial charge on any atom is 0.342 e. The molecule has 4 rings (SSSR count). The lowest BCUT2D eigenvalue weighted by atomic mass is 10.1. The van der Waals surface area contributed by atoms with Gasteiger partial charge >= 0.3 is 5.97 Å². The highest BCUT2D eigenvalue weighted by Gasteiger charge is 2.27. The smallest absolute Gasteiger partial charge is 0.342 e. The number of anilines is 1. The Bertz CT molecular complexity index is 1030. The number of carbonyl (C=O) groups is 1. The van der Waals surface area contributed by atoms with E-state index in [1.165, 1.54) is 0 Å². The van der Waals surface area contributed by atoms with Crippen molar-refractivity contribution in [2.24, 2.45) is 7.05 Å². The Labute approximate surface area is 180 Å². The summed E-state index contributed by atoms with van der Waals surface area (Å²) in [6.45, 7) is 1.53. The summed E-state index contributed by atoms with van der Waals surface area (Å²) in [5.41, 5.74) is 1.75. The average molecular weight is 427 g/mol. The van der Waals surface area contributed by atoms with E-state index in [1.807, 2.05) is 36.4 Å². The third-order valence-corrected chi connectivity index (χ3v) is 5.39. The summed E-state index contributed by atoms with van der Waals surface area (Å²) in [6, 6.07) is 11.2. The van der Waals surface area contributed by atoms with Gasteiger partial charge in [-0.2, -0.15) is 5.10 Å². The van der Waals surface area contributed by atoms with Gasteiger partial charge in [0.2, 0.25) is 0 Å². The van der Waals surface area contributed by atoms with Crippen molar-refractivity contribution in [2.45, 2.75) is 18.9 Å². The first kappa shape index (κ1) is 20.2. The lowest BCUT2D eigenvalue weighted by Gasteiger charge is -2.32. The van der Waals surface area contributed by atoms with Crippen LogP contribution in [0, 0.1) is 0 Å². The third-order valence-electron chi connectivity index (χ3n) is 5.16. The fourth-order valence-corrected chi connectivity index (χ4v) is 3.76. The molecule has 0 aliphatic carbocycles. The zero-order chi connectivity index (χ0) is 21.1. The topological polar surface area (TPSA) is 69.5 Å². The predicted octanol–water partition coefficient (Wildman–Crippen LogP) is 3.97. The van der Waals surface area contributed by atoms with Gasteiger partial charge < -0.3 is 14.4 Å². The van der Waals surface area contributed by atoms with E-state index in [4.69, 9.17) is 21.1 Å². The lowest BCUT2D eigenvalue weighted by Crippen LogP contribution is -2.38. The number of rotatable bonds is 5. The van der Waals surface area contributed by atoms with Crippen LogP contribution in [-0.4, -0.2) is 47.0 Å². The maximum atomic E-state index is 13.0. The van der Waals surface area contributed by atoms with Crippen LogP contribution in [0.1, 0.15) is 23.2 Å². The van der Waals surface area contributed by atoms with Gasteiger partial charge in [0.05, 0.1) is 12.1 Å². The number of methoxy groups -OCH3 is 1. The molecule has 0 atom stereocenters. The zero-order valence-corrected chi connectivity index (χ0v) is 17.7. The van der Waals surface area contributed by atoms with Crippen molar-refractivity contribution in [2.75, 3.05) is 25.1 Å². The highest BCUT2D eigenvalue weighted by molar-refractivity contribution is 6.30. The summed E-state index contributed by atoms with van der Waals surface area (Å²) >= 11 is 5.91. The molecule has 3 heterocycles. The van der Waals surface area contributed by atoms with Gasteiger partial charge in [-0.25, -0.2) is 9.78 Å². The van der Waals surface area contributed by atoms with E-state index in [0.29, 0.717) is 22.0 Å². The van der Waals surface area contributed by atoms with Crippen molar-refractivity contribution >= 4 is 23.4 Å². The van der Waals surface area contributed by atoms with Gasteiger partial charge in [-0.3, -0.25) is 4.68 Å². The number of aryl methyl sites for hydroxylation is 1. The fourth-order valence-electron chi connectivity index (χ4n) is 3.65. The van der Waals surface area contributed by atoms with Crippen molar-refractivity contribution in [3.05, 3.63) is 59.4 Å². The summed E-state index contributed by atoms with van der Waals surface area (Å²) < 4.78 is 12.9. The summed E-state index contributed by atoms with van der Waals surface area (Å²) in [6.07, 6.45) is 4.66. The number of para-hydroxylation sites is 1. The van der Waals surface area contributed by atoms with Crippen LogP contribution in [0.15, 0.2) is 48.8 Å². The number of carbonyl (C=O) groups excluding carboxylic acids is 1. The summed E-state index contributed by atoms with van der Waals surface area (Å²) in [5, 5.41) is 5.09. The van der Waals surface area contributed by atoms with E-state index in [9.17, 15) is 4.79 Å². The number of hydrogen-bond donors (Lipinski definition) is 0. The highest BCUT2D eigenvalue weighted by Crippen LogP contribution is 2.31.